The van der Waals surface area contributed by atoms with E-state index >= 15 is 0 Å². The molecule has 1 nitrogen and oxygen atoms in total. The van der Waals surface area contributed by atoms with Gasteiger partial charge in [-0.3, -0.25) is 0 Å². The summed E-state index contributed by atoms with van der Waals surface area (Å²) in [6.45, 7) is 4.00. The SMILES string of the molecule is Cc1ccc(C)c(C(O)c2cc3ccc(F)cc3s2)c1. The van der Waals surface area contributed by atoms with E-state index in [1.807, 2.05) is 38.1 Å². The van der Waals surface area contributed by atoms with E-state index in [-0.39, 0.29) is 5.82 Å². The second kappa shape index (κ2) is 5.00. The molecule has 20 heavy (non-hydrogen) atoms. The van der Waals surface area contributed by atoms with Gasteiger partial charge in [0.15, 0.2) is 0 Å². The van der Waals surface area contributed by atoms with Crippen LogP contribution in [-0.2, 0) is 0 Å². The molecule has 1 aromatic heterocycles. The Morgan fingerprint density at radius 1 is 1.05 bits per heavy atom. The van der Waals surface area contributed by atoms with Gasteiger partial charge in [-0.15, -0.1) is 11.3 Å². The fourth-order valence-corrected chi connectivity index (χ4v) is 3.46. The van der Waals surface area contributed by atoms with Gasteiger partial charge in [0.05, 0.1) is 0 Å². The molecule has 1 heterocycles. The molecule has 0 radical (unpaired) electrons. The van der Waals surface area contributed by atoms with Crippen LogP contribution in [-0.4, -0.2) is 5.11 Å². The third-order valence-corrected chi connectivity index (χ3v) is 4.65. The highest BCUT2D eigenvalue weighted by molar-refractivity contribution is 7.19. The molecule has 3 rings (SSSR count). The average molecular weight is 286 g/mol. The van der Waals surface area contributed by atoms with Gasteiger partial charge in [-0.25, -0.2) is 4.39 Å². The molecule has 0 saturated carbocycles. The molecule has 3 aromatic rings. The maximum atomic E-state index is 13.2. The lowest BCUT2D eigenvalue weighted by Crippen LogP contribution is -2.00. The quantitative estimate of drug-likeness (QED) is 0.721. The van der Waals surface area contributed by atoms with E-state index < -0.39 is 6.10 Å². The minimum atomic E-state index is -0.657. The lowest BCUT2D eigenvalue weighted by atomic mass is 10.00. The zero-order valence-electron chi connectivity index (χ0n) is 11.4. The standard InChI is InChI=1S/C17H15FOS/c1-10-3-4-11(2)14(7-10)17(19)16-8-12-5-6-13(18)9-15(12)20-16/h3-9,17,19H,1-2H3. The molecule has 2 aromatic carbocycles. The van der Waals surface area contributed by atoms with Crippen molar-refractivity contribution in [3.63, 3.8) is 0 Å². The number of aryl methyl sites for hydroxylation is 2. The van der Waals surface area contributed by atoms with Crippen molar-refractivity contribution in [1.82, 2.24) is 0 Å². The molecule has 1 atom stereocenters. The summed E-state index contributed by atoms with van der Waals surface area (Å²) in [6, 6.07) is 12.7. The first-order chi connectivity index (χ1) is 9.54. The molecule has 0 spiro atoms. The van der Waals surface area contributed by atoms with Crippen LogP contribution in [0.4, 0.5) is 4.39 Å². The van der Waals surface area contributed by atoms with Crippen molar-refractivity contribution in [3.05, 3.63) is 69.8 Å². The average Bonchev–Trinajstić information content (AvgIpc) is 2.83. The Kier molecular flexibility index (Phi) is 3.32. The van der Waals surface area contributed by atoms with Crippen LogP contribution < -0.4 is 0 Å². The molecule has 1 unspecified atom stereocenters. The number of thiophene rings is 1. The van der Waals surface area contributed by atoms with E-state index in [1.54, 1.807) is 6.07 Å². The Balaban J connectivity index is 2.07. The summed E-state index contributed by atoms with van der Waals surface area (Å²) in [4.78, 5) is 0.847. The van der Waals surface area contributed by atoms with Gasteiger partial charge >= 0.3 is 0 Å². The smallest absolute Gasteiger partial charge is 0.124 e. The van der Waals surface area contributed by atoms with E-state index in [0.717, 1.165) is 31.7 Å². The van der Waals surface area contributed by atoms with Crippen LogP contribution in [0.25, 0.3) is 10.1 Å². The molecular weight excluding hydrogens is 271 g/mol. The first-order valence-corrected chi connectivity index (χ1v) is 7.30. The van der Waals surface area contributed by atoms with Crippen molar-refractivity contribution in [1.29, 1.82) is 0 Å². The molecule has 0 saturated heterocycles. The minimum absolute atomic E-state index is 0.243. The van der Waals surface area contributed by atoms with Gasteiger partial charge in [-0.2, -0.15) is 0 Å². The van der Waals surface area contributed by atoms with Crippen LogP contribution in [0.2, 0.25) is 0 Å². The fraction of sp³-hybridized carbons (Fsp3) is 0.176. The Bertz CT molecular complexity index is 776. The molecule has 0 aliphatic rings. The fourth-order valence-electron chi connectivity index (χ4n) is 2.37. The van der Waals surface area contributed by atoms with Crippen molar-refractivity contribution in [2.24, 2.45) is 0 Å². The molecule has 0 amide bonds. The van der Waals surface area contributed by atoms with Crippen molar-refractivity contribution in [3.8, 4) is 0 Å². The van der Waals surface area contributed by atoms with Crippen molar-refractivity contribution >= 4 is 21.4 Å². The van der Waals surface area contributed by atoms with Gasteiger partial charge in [0.1, 0.15) is 11.9 Å². The zero-order valence-corrected chi connectivity index (χ0v) is 12.2. The van der Waals surface area contributed by atoms with Crippen LogP contribution in [0.1, 0.15) is 27.7 Å². The molecule has 3 heteroatoms. The number of aliphatic hydroxyl groups is 1. The van der Waals surface area contributed by atoms with Gasteiger partial charge in [0.25, 0.3) is 0 Å². The summed E-state index contributed by atoms with van der Waals surface area (Å²) in [5.74, 6) is -0.243. The number of benzene rings is 2. The highest BCUT2D eigenvalue weighted by Gasteiger charge is 2.16. The van der Waals surface area contributed by atoms with E-state index in [2.05, 4.69) is 0 Å². The Morgan fingerprint density at radius 3 is 2.65 bits per heavy atom. The van der Waals surface area contributed by atoms with Crippen LogP contribution in [0.3, 0.4) is 0 Å². The van der Waals surface area contributed by atoms with Crippen molar-refractivity contribution in [2.45, 2.75) is 20.0 Å². The number of fused-ring (bicyclic) bond motifs is 1. The molecule has 0 bridgehead atoms. The van der Waals surface area contributed by atoms with E-state index in [1.165, 1.54) is 23.5 Å². The van der Waals surface area contributed by atoms with E-state index in [0.29, 0.717) is 0 Å². The number of hydrogen-bond donors (Lipinski definition) is 1. The topological polar surface area (TPSA) is 20.2 Å². The monoisotopic (exact) mass is 286 g/mol. The number of halogens is 1. The number of rotatable bonds is 2. The first-order valence-electron chi connectivity index (χ1n) is 6.49. The second-order valence-corrected chi connectivity index (χ2v) is 6.21. The summed E-state index contributed by atoms with van der Waals surface area (Å²) in [5, 5.41) is 11.6. The number of hydrogen-bond acceptors (Lipinski definition) is 2. The lowest BCUT2D eigenvalue weighted by molar-refractivity contribution is 0.223. The minimum Gasteiger partial charge on any atom is -0.383 e. The largest absolute Gasteiger partial charge is 0.383 e. The highest BCUT2D eigenvalue weighted by Crippen LogP contribution is 2.34. The summed E-state index contributed by atoms with van der Waals surface area (Å²) >= 11 is 1.44. The second-order valence-electron chi connectivity index (χ2n) is 5.09. The van der Waals surface area contributed by atoms with Crippen LogP contribution in [0.15, 0.2) is 42.5 Å². The molecule has 1 N–H and O–H groups in total. The normalized spacial score (nSPS) is 12.8. The van der Waals surface area contributed by atoms with Gasteiger partial charge < -0.3 is 5.11 Å². The summed E-state index contributed by atoms with van der Waals surface area (Å²) < 4.78 is 14.1. The lowest BCUT2D eigenvalue weighted by Gasteiger charge is -2.12. The highest BCUT2D eigenvalue weighted by atomic mass is 32.1. The number of aliphatic hydroxyl groups excluding tert-OH is 1. The van der Waals surface area contributed by atoms with Gasteiger partial charge in [0.2, 0.25) is 0 Å². The van der Waals surface area contributed by atoms with Gasteiger partial charge in [-0.1, -0.05) is 29.8 Å². The summed E-state index contributed by atoms with van der Waals surface area (Å²) in [6.07, 6.45) is -0.657. The molecule has 102 valence electrons. The third-order valence-electron chi connectivity index (χ3n) is 3.50. The Morgan fingerprint density at radius 2 is 1.85 bits per heavy atom. The predicted molar refractivity (Wildman–Crippen MR) is 81.8 cm³/mol. The van der Waals surface area contributed by atoms with Crippen molar-refractivity contribution in [2.75, 3.05) is 0 Å². The van der Waals surface area contributed by atoms with Crippen molar-refractivity contribution < 1.29 is 9.50 Å². The Labute approximate surface area is 121 Å². The van der Waals surface area contributed by atoms with E-state index in [4.69, 9.17) is 0 Å². The summed E-state index contributed by atoms with van der Waals surface area (Å²) in [7, 11) is 0. The molecule has 0 aliphatic carbocycles. The molecule has 0 fully saturated rings. The maximum absolute atomic E-state index is 13.2. The molecule has 0 aliphatic heterocycles. The van der Waals surface area contributed by atoms with Crippen LogP contribution >= 0.6 is 11.3 Å². The maximum Gasteiger partial charge on any atom is 0.124 e. The third kappa shape index (κ3) is 2.35. The Hall–Kier alpha value is -1.71. The predicted octanol–water partition coefficient (Wildman–Crippen LogP) is 4.74. The summed E-state index contributed by atoms with van der Waals surface area (Å²) in [5.41, 5.74) is 3.10. The zero-order chi connectivity index (χ0) is 14.3. The van der Waals surface area contributed by atoms with Crippen LogP contribution in [0.5, 0.6) is 0 Å². The molecular formula is C17H15FOS. The van der Waals surface area contributed by atoms with E-state index in [9.17, 15) is 9.50 Å². The van der Waals surface area contributed by atoms with Gasteiger partial charge in [-0.05, 0) is 48.6 Å². The van der Waals surface area contributed by atoms with Gasteiger partial charge in [0, 0.05) is 9.58 Å². The van der Waals surface area contributed by atoms with Crippen LogP contribution in [0, 0.1) is 19.7 Å². The first kappa shape index (κ1) is 13.3.